The Bertz CT molecular complexity index is 453. The van der Waals surface area contributed by atoms with Gasteiger partial charge in [0.2, 0.25) is 0 Å². The van der Waals surface area contributed by atoms with Gasteiger partial charge in [-0.2, -0.15) is 0 Å². The van der Waals surface area contributed by atoms with Crippen molar-refractivity contribution in [3.8, 4) is 0 Å². The summed E-state index contributed by atoms with van der Waals surface area (Å²) in [6, 6.07) is 2.01. The Morgan fingerprint density at radius 3 is 3.05 bits per heavy atom. The molecule has 1 saturated carbocycles. The molecule has 4 nitrogen and oxygen atoms in total. The van der Waals surface area contributed by atoms with Gasteiger partial charge < -0.3 is 4.74 Å². The number of pyridine rings is 1. The predicted octanol–water partition coefficient (Wildman–Crippen LogP) is 3.09. The lowest BCUT2D eigenvalue weighted by molar-refractivity contribution is -0.100. The largest absolute Gasteiger partial charge is 0.374 e. The molecule has 3 unspecified atom stereocenters. The smallest absolute Gasteiger partial charge is 0.0853 e. The van der Waals surface area contributed by atoms with Crippen molar-refractivity contribution >= 4 is 11.6 Å². The topological polar surface area (TPSA) is 60.2 Å². The van der Waals surface area contributed by atoms with Crippen LogP contribution in [0.3, 0.4) is 0 Å². The van der Waals surface area contributed by atoms with Crippen LogP contribution in [0.1, 0.15) is 45.1 Å². The Morgan fingerprint density at radius 1 is 1.62 bits per heavy atom. The van der Waals surface area contributed by atoms with Crippen molar-refractivity contribution < 1.29 is 4.74 Å². The SMILES string of the molecule is CCOC1(C(Cc2ccncc2Cl)NN)CCCC(C)C1. The van der Waals surface area contributed by atoms with Crippen LogP contribution in [-0.2, 0) is 11.2 Å². The van der Waals surface area contributed by atoms with E-state index in [-0.39, 0.29) is 11.6 Å². The van der Waals surface area contributed by atoms with E-state index in [0.29, 0.717) is 17.5 Å². The van der Waals surface area contributed by atoms with Crippen molar-refractivity contribution in [2.45, 2.75) is 57.6 Å². The quantitative estimate of drug-likeness (QED) is 0.626. The van der Waals surface area contributed by atoms with E-state index in [0.717, 1.165) is 24.8 Å². The highest BCUT2D eigenvalue weighted by Crippen LogP contribution is 2.39. The Balaban J connectivity index is 2.21. The first-order valence-electron chi connectivity index (χ1n) is 7.79. The molecule has 118 valence electrons. The lowest BCUT2D eigenvalue weighted by atomic mass is 9.73. The molecule has 0 spiro atoms. The molecule has 0 bridgehead atoms. The van der Waals surface area contributed by atoms with Crippen molar-refractivity contribution in [2.75, 3.05) is 6.61 Å². The molecule has 0 amide bonds. The zero-order valence-electron chi connectivity index (χ0n) is 12.9. The third kappa shape index (κ3) is 3.95. The molecule has 1 heterocycles. The second-order valence-electron chi connectivity index (χ2n) is 6.09. The van der Waals surface area contributed by atoms with Crippen LogP contribution in [0.15, 0.2) is 18.5 Å². The van der Waals surface area contributed by atoms with Crippen LogP contribution in [0.4, 0.5) is 0 Å². The summed E-state index contributed by atoms with van der Waals surface area (Å²) in [5, 5.41) is 0.688. The maximum Gasteiger partial charge on any atom is 0.0853 e. The summed E-state index contributed by atoms with van der Waals surface area (Å²) in [6.45, 7) is 5.04. The van der Waals surface area contributed by atoms with Crippen LogP contribution < -0.4 is 11.3 Å². The summed E-state index contributed by atoms with van der Waals surface area (Å²) in [5.41, 5.74) is 3.85. The first kappa shape index (κ1) is 16.7. The number of ether oxygens (including phenoxy) is 1. The van der Waals surface area contributed by atoms with Gasteiger partial charge in [-0.3, -0.25) is 16.3 Å². The second kappa shape index (κ2) is 7.54. The van der Waals surface area contributed by atoms with Crippen LogP contribution >= 0.6 is 11.6 Å². The van der Waals surface area contributed by atoms with E-state index in [2.05, 4.69) is 17.3 Å². The summed E-state index contributed by atoms with van der Waals surface area (Å²) >= 11 is 6.24. The molecule has 0 aromatic carbocycles. The van der Waals surface area contributed by atoms with Crippen molar-refractivity contribution in [1.29, 1.82) is 0 Å². The second-order valence-corrected chi connectivity index (χ2v) is 6.50. The van der Waals surface area contributed by atoms with Gasteiger partial charge in [-0.15, -0.1) is 0 Å². The number of nitrogens with two attached hydrogens (primary N) is 1. The highest BCUT2D eigenvalue weighted by molar-refractivity contribution is 6.31. The minimum absolute atomic E-state index is 0.0556. The van der Waals surface area contributed by atoms with Gasteiger partial charge in [0, 0.05) is 19.0 Å². The van der Waals surface area contributed by atoms with Gasteiger partial charge in [0.1, 0.15) is 0 Å². The third-order valence-electron chi connectivity index (χ3n) is 4.54. The molecule has 1 aliphatic rings. The third-order valence-corrected chi connectivity index (χ3v) is 4.88. The standard InChI is InChI=1S/C16H26ClN3O/c1-3-21-16(7-4-5-12(2)10-16)15(20-18)9-13-6-8-19-11-14(13)17/h6,8,11-12,15,20H,3-5,7,9-10,18H2,1-2H3. The van der Waals surface area contributed by atoms with Crippen LogP contribution in [0.5, 0.6) is 0 Å². The molecule has 1 aromatic rings. The highest BCUT2D eigenvalue weighted by Gasteiger charge is 2.42. The highest BCUT2D eigenvalue weighted by atomic mass is 35.5. The minimum atomic E-state index is -0.201. The van der Waals surface area contributed by atoms with Gasteiger partial charge in [-0.25, -0.2) is 0 Å². The number of nitrogens with one attached hydrogen (secondary N) is 1. The number of aromatic nitrogens is 1. The molecule has 3 atom stereocenters. The minimum Gasteiger partial charge on any atom is -0.374 e. The molecule has 5 heteroatoms. The van der Waals surface area contributed by atoms with E-state index in [1.54, 1.807) is 12.4 Å². The van der Waals surface area contributed by atoms with Gasteiger partial charge in [-0.1, -0.05) is 31.4 Å². The maximum atomic E-state index is 6.24. The molecule has 0 saturated heterocycles. The van der Waals surface area contributed by atoms with Crippen molar-refractivity contribution in [3.05, 3.63) is 29.0 Å². The Morgan fingerprint density at radius 2 is 2.43 bits per heavy atom. The number of rotatable bonds is 6. The normalized spacial score (nSPS) is 27.5. The molecule has 0 aliphatic heterocycles. The van der Waals surface area contributed by atoms with Gasteiger partial charge in [0.25, 0.3) is 0 Å². The lowest BCUT2D eigenvalue weighted by Crippen LogP contribution is -2.58. The first-order chi connectivity index (χ1) is 10.1. The Labute approximate surface area is 132 Å². The van der Waals surface area contributed by atoms with Crippen molar-refractivity contribution in [3.63, 3.8) is 0 Å². The summed E-state index contributed by atoms with van der Waals surface area (Å²) < 4.78 is 6.20. The van der Waals surface area contributed by atoms with Crippen molar-refractivity contribution in [1.82, 2.24) is 10.4 Å². The first-order valence-corrected chi connectivity index (χ1v) is 8.17. The summed E-state index contributed by atoms with van der Waals surface area (Å²) in [7, 11) is 0. The van der Waals surface area contributed by atoms with E-state index in [9.17, 15) is 0 Å². The molecule has 1 aromatic heterocycles. The number of hydrazine groups is 1. The van der Waals surface area contributed by atoms with Gasteiger partial charge >= 0.3 is 0 Å². The summed E-state index contributed by atoms with van der Waals surface area (Å²) in [5.74, 6) is 6.53. The summed E-state index contributed by atoms with van der Waals surface area (Å²) in [6.07, 6.45) is 8.74. The molecule has 3 N–H and O–H groups in total. The van der Waals surface area contributed by atoms with Crippen LogP contribution in [0.25, 0.3) is 0 Å². The molecule has 2 rings (SSSR count). The van der Waals surface area contributed by atoms with Gasteiger partial charge in [0.05, 0.1) is 16.7 Å². The monoisotopic (exact) mass is 311 g/mol. The predicted molar refractivity (Wildman–Crippen MR) is 86.1 cm³/mol. The molecule has 0 radical (unpaired) electrons. The van der Waals surface area contributed by atoms with Crippen molar-refractivity contribution in [2.24, 2.45) is 11.8 Å². The van der Waals surface area contributed by atoms with E-state index in [1.165, 1.54) is 12.8 Å². The maximum absolute atomic E-state index is 6.24. The van der Waals surface area contributed by atoms with E-state index < -0.39 is 0 Å². The Kier molecular flexibility index (Phi) is 5.99. The van der Waals surface area contributed by atoms with E-state index >= 15 is 0 Å². The molecule has 1 fully saturated rings. The van der Waals surface area contributed by atoms with E-state index in [4.69, 9.17) is 22.2 Å². The summed E-state index contributed by atoms with van der Waals surface area (Å²) in [4.78, 5) is 4.04. The Hall–Kier alpha value is -0.680. The van der Waals surface area contributed by atoms with Crippen LogP contribution in [0.2, 0.25) is 5.02 Å². The number of hydrogen-bond acceptors (Lipinski definition) is 4. The lowest BCUT2D eigenvalue weighted by Gasteiger charge is -2.45. The molecule has 21 heavy (non-hydrogen) atoms. The fourth-order valence-corrected chi connectivity index (χ4v) is 3.76. The molecular weight excluding hydrogens is 286 g/mol. The number of halogens is 1. The van der Waals surface area contributed by atoms with E-state index in [1.807, 2.05) is 13.0 Å². The zero-order chi connectivity index (χ0) is 15.3. The number of nitrogens with zero attached hydrogens (tertiary/aromatic N) is 1. The van der Waals surface area contributed by atoms with Gasteiger partial charge in [0.15, 0.2) is 0 Å². The van der Waals surface area contributed by atoms with Crippen LogP contribution in [0, 0.1) is 5.92 Å². The number of hydrogen-bond donors (Lipinski definition) is 2. The fourth-order valence-electron chi connectivity index (χ4n) is 3.57. The molecular formula is C16H26ClN3O. The molecule has 1 aliphatic carbocycles. The zero-order valence-corrected chi connectivity index (χ0v) is 13.7. The average molecular weight is 312 g/mol. The van der Waals surface area contributed by atoms with Crippen LogP contribution in [-0.4, -0.2) is 23.2 Å². The van der Waals surface area contributed by atoms with Gasteiger partial charge in [-0.05, 0) is 43.7 Å². The average Bonchev–Trinajstić information content (AvgIpc) is 2.46. The fraction of sp³-hybridized carbons (Fsp3) is 0.688.